The molecule has 0 spiro atoms. The van der Waals surface area contributed by atoms with Crippen LogP contribution >= 0.6 is 15.9 Å². The highest BCUT2D eigenvalue weighted by Gasteiger charge is 2.14. The van der Waals surface area contributed by atoms with Gasteiger partial charge in [-0.3, -0.25) is 9.59 Å². The van der Waals surface area contributed by atoms with Crippen molar-refractivity contribution >= 4 is 32.7 Å². The molecule has 0 radical (unpaired) electrons. The highest BCUT2D eigenvalue weighted by Crippen LogP contribution is 2.20. The van der Waals surface area contributed by atoms with E-state index in [2.05, 4.69) is 49.1 Å². The number of aromatic nitrogens is 3. The van der Waals surface area contributed by atoms with E-state index in [4.69, 9.17) is 0 Å². The molecule has 0 saturated carbocycles. The summed E-state index contributed by atoms with van der Waals surface area (Å²) >= 11 is 3.49. The van der Waals surface area contributed by atoms with Crippen LogP contribution in [0.5, 0.6) is 0 Å². The van der Waals surface area contributed by atoms with Gasteiger partial charge in [0.05, 0.1) is 5.69 Å². The lowest BCUT2D eigenvalue weighted by molar-refractivity contribution is -0.121. The van der Waals surface area contributed by atoms with Crippen LogP contribution in [0.4, 0.5) is 0 Å². The fraction of sp³-hybridized carbons (Fsp3) is 0.350. The Balaban J connectivity index is 1.37. The monoisotopic (exact) mass is 428 g/mol. The SMILES string of the molecule is O=C(Cn1nc2c(cc1=O)CCCC2)NCCn1ccc2ccc(Br)cc21. The van der Waals surface area contributed by atoms with E-state index < -0.39 is 0 Å². The third-order valence-corrected chi connectivity index (χ3v) is 5.47. The molecule has 2 heterocycles. The van der Waals surface area contributed by atoms with Crippen LogP contribution in [0.15, 0.2) is 45.8 Å². The third kappa shape index (κ3) is 3.98. The maximum Gasteiger partial charge on any atom is 0.267 e. The highest BCUT2D eigenvalue weighted by atomic mass is 79.9. The molecule has 1 aliphatic carbocycles. The number of aryl methyl sites for hydroxylation is 2. The Kier molecular flexibility index (Phi) is 5.11. The van der Waals surface area contributed by atoms with Crippen molar-refractivity contribution in [3.8, 4) is 0 Å². The van der Waals surface area contributed by atoms with Crippen LogP contribution in [0.25, 0.3) is 10.9 Å². The van der Waals surface area contributed by atoms with Crippen molar-refractivity contribution in [1.29, 1.82) is 0 Å². The van der Waals surface area contributed by atoms with Crippen LogP contribution in [0.2, 0.25) is 0 Å². The van der Waals surface area contributed by atoms with Crippen molar-refractivity contribution in [1.82, 2.24) is 19.7 Å². The summed E-state index contributed by atoms with van der Waals surface area (Å²) in [5.74, 6) is -0.196. The first-order valence-electron chi connectivity index (χ1n) is 9.21. The second kappa shape index (κ2) is 7.68. The average Bonchev–Trinajstić information content (AvgIpc) is 3.04. The van der Waals surface area contributed by atoms with Gasteiger partial charge in [-0.1, -0.05) is 22.0 Å². The number of nitrogens with one attached hydrogen (secondary N) is 1. The number of hydrogen-bond acceptors (Lipinski definition) is 3. The lowest BCUT2D eigenvalue weighted by atomic mass is 9.97. The number of nitrogens with zero attached hydrogens (tertiary/aromatic N) is 3. The number of rotatable bonds is 5. The van der Waals surface area contributed by atoms with Gasteiger partial charge in [0.1, 0.15) is 6.54 Å². The van der Waals surface area contributed by atoms with E-state index >= 15 is 0 Å². The zero-order valence-electron chi connectivity index (χ0n) is 14.9. The van der Waals surface area contributed by atoms with Crippen LogP contribution in [0, 0.1) is 0 Å². The summed E-state index contributed by atoms with van der Waals surface area (Å²) in [5, 5.41) is 8.44. The number of hydrogen-bond donors (Lipinski definition) is 1. The van der Waals surface area contributed by atoms with Gasteiger partial charge in [-0.05, 0) is 54.8 Å². The van der Waals surface area contributed by atoms with Crippen molar-refractivity contribution in [2.45, 2.75) is 38.8 Å². The molecule has 4 rings (SSSR count). The first-order valence-corrected chi connectivity index (χ1v) is 10.0. The number of carbonyl (C=O) groups is 1. The van der Waals surface area contributed by atoms with Gasteiger partial charge in [0.2, 0.25) is 5.91 Å². The molecule has 7 heteroatoms. The average molecular weight is 429 g/mol. The predicted molar refractivity (Wildman–Crippen MR) is 108 cm³/mol. The van der Waals surface area contributed by atoms with Crippen LogP contribution in [0.3, 0.4) is 0 Å². The molecule has 1 aromatic carbocycles. The van der Waals surface area contributed by atoms with Gasteiger partial charge in [0.25, 0.3) is 5.56 Å². The molecule has 3 aromatic rings. The molecular formula is C20H21BrN4O2. The van der Waals surface area contributed by atoms with Crippen molar-refractivity contribution in [2.24, 2.45) is 0 Å². The summed E-state index contributed by atoms with van der Waals surface area (Å²) in [6.07, 6.45) is 5.99. The number of carbonyl (C=O) groups excluding carboxylic acids is 1. The lowest BCUT2D eigenvalue weighted by Crippen LogP contribution is -2.36. The van der Waals surface area contributed by atoms with Crippen molar-refractivity contribution in [3.05, 3.63) is 62.6 Å². The van der Waals surface area contributed by atoms with Gasteiger partial charge in [-0.25, -0.2) is 4.68 Å². The first-order chi connectivity index (χ1) is 13.1. The van der Waals surface area contributed by atoms with Crippen molar-refractivity contribution < 1.29 is 4.79 Å². The molecule has 0 saturated heterocycles. The quantitative estimate of drug-likeness (QED) is 0.678. The maximum absolute atomic E-state index is 12.3. The van der Waals surface area contributed by atoms with Gasteiger partial charge in [-0.15, -0.1) is 0 Å². The largest absolute Gasteiger partial charge is 0.353 e. The van der Waals surface area contributed by atoms with Crippen LogP contribution in [0.1, 0.15) is 24.1 Å². The Labute approximate surface area is 165 Å². The fourth-order valence-electron chi connectivity index (χ4n) is 3.57. The molecule has 27 heavy (non-hydrogen) atoms. The van der Waals surface area contributed by atoms with E-state index in [-0.39, 0.29) is 18.0 Å². The molecule has 0 bridgehead atoms. The molecule has 6 nitrogen and oxygen atoms in total. The Bertz CT molecular complexity index is 1050. The maximum atomic E-state index is 12.3. The van der Waals surface area contributed by atoms with E-state index in [1.54, 1.807) is 6.07 Å². The Morgan fingerprint density at radius 3 is 2.93 bits per heavy atom. The third-order valence-electron chi connectivity index (χ3n) is 4.98. The Hall–Kier alpha value is -2.41. The fourth-order valence-corrected chi connectivity index (χ4v) is 3.92. The Morgan fingerprint density at radius 2 is 2.04 bits per heavy atom. The molecule has 0 unspecified atom stereocenters. The van der Waals surface area contributed by atoms with Crippen LogP contribution in [-0.4, -0.2) is 26.8 Å². The van der Waals surface area contributed by atoms with Gasteiger partial charge in [0, 0.05) is 35.3 Å². The van der Waals surface area contributed by atoms with Gasteiger partial charge >= 0.3 is 0 Å². The van der Waals surface area contributed by atoms with Crippen molar-refractivity contribution in [3.63, 3.8) is 0 Å². The first kappa shape index (κ1) is 18.0. The number of fused-ring (bicyclic) bond motifs is 2. The summed E-state index contributed by atoms with van der Waals surface area (Å²) < 4.78 is 4.41. The molecular weight excluding hydrogens is 408 g/mol. The zero-order chi connectivity index (χ0) is 18.8. The normalized spacial score (nSPS) is 13.5. The second-order valence-corrected chi connectivity index (χ2v) is 7.80. The summed E-state index contributed by atoms with van der Waals surface area (Å²) in [5.41, 5.74) is 2.91. The standard InChI is InChI=1S/C20H21BrN4O2/c21-16-6-5-14-7-9-24(18(14)12-16)10-8-22-19(26)13-25-20(27)11-15-3-1-2-4-17(15)23-25/h5-7,9,11-12H,1-4,8,10,13H2,(H,22,26). The predicted octanol–water partition coefficient (Wildman–Crippen LogP) is 2.66. The molecule has 0 fully saturated rings. The summed E-state index contributed by atoms with van der Waals surface area (Å²) in [4.78, 5) is 24.4. The van der Waals surface area contributed by atoms with Crippen LogP contribution in [-0.2, 0) is 30.7 Å². The minimum absolute atomic E-state index is 0.0376. The minimum Gasteiger partial charge on any atom is -0.353 e. The van der Waals surface area contributed by atoms with Gasteiger partial charge in [-0.2, -0.15) is 5.10 Å². The molecule has 1 aliphatic rings. The highest BCUT2D eigenvalue weighted by molar-refractivity contribution is 9.10. The summed E-state index contributed by atoms with van der Waals surface area (Å²) in [6.45, 7) is 1.12. The molecule has 0 atom stereocenters. The zero-order valence-corrected chi connectivity index (χ0v) is 16.5. The molecule has 1 N–H and O–H groups in total. The van der Waals surface area contributed by atoms with Crippen molar-refractivity contribution in [2.75, 3.05) is 6.54 Å². The van der Waals surface area contributed by atoms with E-state index in [1.165, 1.54) is 4.68 Å². The molecule has 1 amide bonds. The minimum atomic E-state index is -0.202. The van der Waals surface area contributed by atoms with E-state index in [0.717, 1.165) is 52.3 Å². The Morgan fingerprint density at radius 1 is 1.19 bits per heavy atom. The number of halogens is 1. The van der Waals surface area contributed by atoms with E-state index in [1.807, 2.05) is 12.3 Å². The summed E-state index contributed by atoms with van der Waals surface area (Å²) in [6, 6.07) is 9.83. The van der Waals surface area contributed by atoms with Crippen LogP contribution < -0.4 is 10.9 Å². The molecule has 140 valence electrons. The second-order valence-electron chi connectivity index (χ2n) is 6.88. The topological polar surface area (TPSA) is 68.9 Å². The van der Waals surface area contributed by atoms with Gasteiger partial charge in [0.15, 0.2) is 0 Å². The lowest BCUT2D eigenvalue weighted by Gasteiger charge is -2.15. The molecule has 2 aromatic heterocycles. The van der Waals surface area contributed by atoms with E-state index in [9.17, 15) is 9.59 Å². The van der Waals surface area contributed by atoms with E-state index in [0.29, 0.717) is 13.1 Å². The number of amides is 1. The smallest absolute Gasteiger partial charge is 0.267 e. The summed E-state index contributed by atoms with van der Waals surface area (Å²) in [7, 11) is 0. The number of benzene rings is 1. The molecule has 0 aliphatic heterocycles. The van der Waals surface area contributed by atoms with Gasteiger partial charge < -0.3 is 9.88 Å².